The van der Waals surface area contributed by atoms with E-state index in [2.05, 4.69) is 15.5 Å². The van der Waals surface area contributed by atoms with Crippen LogP contribution in [0.4, 0.5) is 5.00 Å². The summed E-state index contributed by atoms with van der Waals surface area (Å²) < 4.78 is 16.3. The molecule has 1 N–H and O–H groups in total. The van der Waals surface area contributed by atoms with Gasteiger partial charge in [0.15, 0.2) is 0 Å². The number of rotatable bonds is 8. The summed E-state index contributed by atoms with van der Waals surface area (Å²) in [6.45, 7) is 3.63. The van der Waals surface area contributed by atoms with Crippen LogP contribution in [0.2, 0.25) is 0 Å². The fraction of sp³-hybridized carbons (Fsp3) is 0.391. The van der Waals surface area contributed by atoms with Gasteiger partial charge in [0.05, 0.1) is 24.5 Å². The zero-order valence-corrected chi connectivity index (χ0v) is 20.3. The second-order valence-corrected chi connectivity index (χ2v) is 9.84. The summed E-state index contributed by atoms with van der Waals surface area (Å²) in [6, 6.07) is 7.26. The number of nitrogens with zero attached hydrogens (tertiary/aromatic N) is 2. The van der Waals surface area contributed by atoms with E-state index in [9.17, 15) is 9.59 Å². The number of amides is 1. The van der Waals surface area contributed by atoms with Gasteiger partial charge in [0, 0.05) is 10.4 Å². The Hall–Kier alpha value is -2.85. The Balaban J connectivity index is 1.41. The van der Waals surface area contributed by atoms with Crippen LogP contribution in [-0.4, -0.2) is 41.0 Å². The van der Waals surface area contributed by atoms with Crippen LogP contribution in [0.1, 0.15) is 47.5 Å². The summed E-state index contributed by atoms with van der Waals surface area (Å²) in [5, 5.41) is 11.8. The SMILES string of the molecule is COc1ccc(-c2nnc(SCC(=O)Nc3sc4c(c3C(=O)OC(C)C)CCCC4)o2)cc1. The lowest BCUT2D eigenvalue weighted by Gasteiger charge is -2.14. The summed E-state index contributed by atoms with van der Waals surface area (Å²) in [5.74, 6) is 0.544. The predicted molar refractivity (Wildman–Crippen MR) is 127 cm³/mol. The van der Waals surface area contributed by atoms with Crippen LogP contribution >= 0.6 is 23.1 Å². The first-order valence-corrected chi connectivity index (χ1v) is 12.5. The van der Waals surface area contributed by atoms with E-state index in [0.29, 0.717) is 21.7 Å². The molecule has 33 heavy (non-hydrogen) atoms. The zero-order chi connectivity index (χ0) is 23.4. The molecule has 1 aliphatic carbocycles. The molecule has 0 aliphatic heterocycles. The number of thioether (sulfide) groups is 1. The average Bonchev–Trinajstić information content (AvgIpc) is 3.41. The quantitative estimate of drug-likeness (QED) is 0.350. The summed E-state index contributed by atoms with van der Waals surface area (Å²) in [7, 11) is 1.60. The van der Waals surface area contributed by atoms with Gasteiger partial charge in [-0.25, -0.2) is 4.79 Å². The maximum atomic E-state index is 12.7. The van der Waals surface area contributed by atoms with Gasteiger partial charge in [0.1, 0.15) is 10.8 Å². The smallest absolute Gasteiger partial charge is 0.341 e. The molecule has 0 fully saturated rings. The van der Waals surface area contributed by atoms with E-state index in [-0.39, 0.29) is 23.7 Å². The fourth-order valence-electron chi connectivity index (χ4n) is 3.55. The molecule has 3 aromatic rings. The van der Waals surface area contributed by atoms with E-state index in [1.165, 1.54) is 11.3 Å². The van der Waals surface area contributed by atoms with Crippen LogP contribution in [0.25, 0.3) is 11.5 Å². The van der Waals surface area contributed by atoms with Crippen molar-refractivity contribution in [3.8, 4) is 17.2 Å². The normalized spacial score (nSPS) is 13.0. The molecule has 0 bridgehead atoms. The Kier molecular flexibility index (Phi) is 7.34. The molecule has 8 nitrogen and oxygen atoms in total. The molecule has 0 saturated heterocycles. The molecule has 2 heterocycles. The molecule has 1 aliphatic rings. The number of aromatic nitrogens is 2. The maximum Gasteiger partial charge on any atom is 0.341 e. The van der Waals surface area contributed by atoms with Gasteiger partial charge >= 0.3 is 5.97 Å². The molecule has 0 saturated carbocycles. The topological polar surface area (TPSA) is 104 Å². The Morgan fingerprint density at radius 1 is 1.18 bits per heavy atom. The molecular weight excluding hydrogens is 462 g/mol. The first kappa shape index (κ1) is 23.3. The number of anilines is 1. The van der Waals surface area contributed by atoms with Crippen molar-refractivity contribution in [2.75, 3.05) is 18.2 Å². The molecule has 10 heteroatoms. The van der Waals surface area contributed by atoms with Crippen LogP contribution < -0.4 is 10.1 Å². The number of carbonyl (C=O) groups is 2. The minimum Gasteiger partial charge on any atom is -0.497 e. The van der Waals surface area contributed by atoms with Gasteiger partial charge in [0.2, 0.25) is 11.8 Å². The predicted octanol–water partition coefficient (Wildman–Crippen LogP) is 4.98. The van der Waals surface area contributed by atoms with Gasteiger partial charge in [-0.3, -0.25) is 4.79 Å². The Bertz CT molecular complexity index is 1140. The molecule has 0 unspecified atom stereocenters. The molecule has 0 atom stereocenters. The molecule has 0 spiro atoms. The first-order chi connectivity index (χ1) is 15.9. The van der Waals surface area contributed by atoms with Crippen molar-refractivity contribution in [3.63, 3.8) is 0 Å². The number of nitrogens with one attached hydrogen (secondary N) is 1. The van der Waals surface area contributed by atoms with Crippen LogP contribution in [0.5, 0.6) is 5.75 Å². The van der Waals surface area contributed by atoms with Gasteiger partial charge in [-0.15, -0.1) is 21.5 Å². The number of esters is 1. The van der Waals surface area contributed by atoms with Crippen molar-refractivity contribution in [2.45, 2.75) is 50.9 Å². The van der Waals surface area contributed by atoms with Gasteiger partial charge < -0.3 is 19.2 Å². The minimum absolute atomic E-state index is 0.0749. The molecule has 2 aromatic heterocycles. The number of thiophene rings is 1. The summed E-state index contributed by atoms with van der Waals surface area (Å²) in [5.41, 5.74) is 2.28. The van der Waals surface area contributed by atoms with Crippen molar-refractivity contribution >= 4 is 40.0 Å². The summed E-state index contributed by atoms with van der Waals surface area (Å²) in [6.07, 6.45) is 3.64. The third-order valence-electron chi connectivity index (χ3n) is 5.04. The highest BCUT2D eigenvalue weighted by atomic mass is 32.2. The highest BCUT2D eigenvalue weighted by Gasteiger charge is 2.28. The van der Waals surface area contributed by atoms with Crippen LogP contribution in [0.15, 0.2) is 33.9 Å². The van der Waals surface area contributed by atoms with Crippen molar-refractivity contribution in [3.05, 3.63) is 40.3 Å². The third-order valence-corrected chi connectivity index (χ3v) is 7.07. The van der Waals surface area contributed by atoms with Gasteiger partial charge in [-0.2, -0.15) is 0 Å². The highest BCUT2D eigenvalue weighted by molar-refractivity contribution is 7.99. The van der Waals surface area contributed by atoms with Crippen LogP contribution in [0.3, 0.4) is 0 Å². The monoisotopic (exact) mass is 487 g/mol. The lowest BCUT2D eigenvalue weighted by atomic mass is 9.95. The lowest BCUT2D eigenvalue weighted by molar-refractivity contribution is -0.113. The number of methoxy groups -OCH3 is 1. The van der Waals surface area contributed by atoms with E-state index in [0.717, 1.165) is 59.2 Å². The van der Waals surface area contributed by atoms with Crippen LogP contribution in [0, 0.1) is 0 Å². The second kappa shape index (κ2) is 10.4. The first-order valence-electron chi connectivity index (χ1n) is 10.7. The lowest BCUT2D eigenvalue weighted by Crippen LogP contribution is -2.18. The number of fused-ring (bicyclic) bond motifs is 1. The number of carbonyl (C=O) groups excluding carboxylic acids is 2. The molecule has 1 aromatic carbocycles. The van der Waals surface area contributed by atoms with Gasteiger partial charge in [0.25, 0.3) is 5.22 Å². The van der Waals surface area contributed by atoms with Gasteiger partial charge in [-0.05, 0) is 69.4 Å². The number of hydrogen-bond acceptors (Lipinski definition) is 9. The maximum absolute atomic E-state index is 12.7. The Morgan fingerprint density at radius 2 is 1.94 bits per heavy atom. The average molecular weight is 488 g/mol. The number of aryl methyl sites for hydroxylation is 1. The molecular formula is C23H25N3O5S2. The van der Waals surface area contributed by atoms with Gasteiger partial charge in [-0.1, -0.05) is 11.8 Å². The Labute approximate surface area is 200 Å². The number of hydrogen-bond donors (Lipinski definition) is 1. The van der Waals surface area contributed by atoms with Crippen molar-refractivity contribution in [1.82, 2.24) is 10.2 Å². The van der Waals surface area contributed by atoms with E-state index >= 15 is 0 Å². The summed E-state index contributed by atoms with van der Waals surface area (Å²) >= 11 is 2.61. The van der Waals surface area contributed by atoms with E-state index in [4.69, 9.17) is 13.9 Å². The molecule has 174 valence electrons. The molecule has 4 rings (SSSR count). The highest BCUT2D eigenvalue weighted by Crippen LogP contribution is 2.39. The summed E-state index contributed by atoms with van der Waals surface area (Å²) in [4.78, 5) is 26.5. The standard InChI is InChI=1S/C23H25N3O5S2/c1-13(2)30-22(28)19-16-6-4-5-7-17(16)33-21(19)24-18(27)12-32-23-26-25-20(31-23)14-8-10-15(29-3)11-9-14/h8-11,13H,4-7,12H2,1-3H3,(H,24,27). The number of ether oxygens (including phenoxy) is 2. The van der Waals surface area contributed by atoms with Crippen molar-refractivity contribution < 1.29 is 23.5 Å². The van der Waals surface area contributed by atoms with E-state index in [1.807, 2.05) is 38.1 Å². The van der Waals surface area contributed by atoms with E-state index < -0.39 is 0 Å². The largest absolute Gasteiger partial charge is 0.497 e. The fourth-order valence-corrected chi connectivity index (χ4v) is 5.41. The molecule has 1 amide bonds. The minimum atomic E-state index is -0.381. The second-order valence-electron chi connectivity index (χ2n) is 7.81. The zero-order valence-electron chi connectivity index (χ0n) is 18.7. The number of benzene rings is 1. The Morgan fingerprint density at radius 3 is 2.67 bits per heavy atom. The van der Waals surface area contributed by atoms with Crippen molar-refractivity contribution in [2.24, 2.45) is 0 Å². The van der Waals surface area contributed by atoms with E-state index in [1.54, 1.807) is 7.11 Å². The van der Waals surface area contributed by atoms with Crippen LogP contribution in [-0.2, 0) is 22.4 Å². The third kappa shape index (κ3) is 5.56. The van der Waals surface area contributed by atoms with Crippen molar-refractivity contribution in [1.29, 1.82) is 0 Å². The molecule has 0 radical (unpaired) electrons.